The minimum absolute atomic E-state index is 0.0476. The van der Waals surface area contributed by atoms with Crippen molar-refractivity contribution in [2.24, 2.45) is 0 Å². The number of halogens is 1. The fraction of sp³-hybridized carbons (Fsp3) is 0.333. The van der Waals surface area contributed by atoms with Crippen LogP contribution in [-0.2, 0) is 5.88 Å². The molecule has 0 bridgehead atoms. The second kappa shape index (κ2) is 4.23. The van der Waals surface area contributed by atoms with Gasteiger partial charge in [-0.3, -0.25) is 9.78 Å². The second-order valence-electron chi connectivity index (χ2n) is 2.87. The summed E-state index contributed by atoms with van der Waals surface area (Å²) in [5, 5.41) is 0. The third-order valence-corrected chi connectivity index (χ3v) is 1.89. The van der Waals surface area contributed by atoms with E-state index >= 15 is 0 Å². The van der Waals surface area contributed by atoms with Crippen molar-refractivity contribution in [1.82, 2.24) is 9.88 Å². The lowest BCUT2D eigenvalue weighted by molar-refractivity contribution is 0.0827. The average Bonchev–Trinajstić information content (AvgIpc) is 2.17. The zero-order valence-corrected chi connectivity index (χ0v) is 8.38. The summed E-state index contributed by atoms with van der Waals surface area (Å²) < 4.78 is 0. The van der Waals surface area contributed by atoms with E-state index in [0.29, 0.717) is 11.4 Å². The highest BCUT2D eigenvalue weighted by Crippen LogP contribution is 2.04. The van der Waals surface area contributed by atoms with Gasteiger partial charge in [-0.2, -0.15) is 0 Å². The van der Waals surface area contributed by atoms with Crippen LogP contribution in [0.2, 0.25) is 0 Å². The van der Waals surface area contributed by atoms with Crippen molar-refractivity contribution < 1.29 is 4.79 Å². The monoisotopic (exact) mass is 198 g/mol. The minimum Gasteiger partial charge on any atom is -0.345 e. The molecule has 1 heterocycles. The molecule has 70 valence electrons. The minimum atomic E-state index is -0.0476. The van der Waals surface area contributed by atoms with E-state index in [1.165, 1.54) is 4.90 Å². The molecule has 0 radical (unpaired) electrons. The van der Waals surface area contributed by atoms with E-state index in [4.69, 9.17) is 11.6 Å². The van der Waals surface area contributed by atoms with E-state index in [0.717, 1.165) is 5.69 Å². The number of pyridine rings is 1. The average molecular weight is 199 g/mol. The van der Waals surface area contributed by atoms with Crippen molar-refractivity contribution >= 4 is 17.5 Å². The number of carbonyl (C=O) groups excluding carboxylic acids is 1. The molecule has 0 saturated carbocycles. The summed E-state index contributed by atoms with van der Waals surface area (Å²) in [7, 11) is 3.41. The first-order chi connectivity index (χ1) is 6.15. The molecule has 0 saturated heterocycles. The van der Waals surface area contributed by atoms with Crippen molar-refractivity contribution in [3.8, 4) is 0 Å². The first-order valence-electron chi connectivity index (χ1n) is 3.87. The van der Waals surface area contributed by atoms with Crippen LogP contribution in [0.4, 0.5) is 0 Å². The Hall–Kier alpha value is -1.09. The van der Waals surface area contributed by atoms with Gasteiger partial charge in [0, 0.05) is 20.3 Å². The van der Waals surface area contributed by atoms with Crippen LogP contribution >= 0.6 is 11.6 Å². The zero-order chi connectivity index (χ0) is 9.84. The molecule has 0 N–H and O–H groups in total. The molecule has 13 heavy (non-hydrogen) atoms. The van der Waals surface area contributed by atoms with Crippen molar-refractivity contribution in [3.63, 3.8) is 0 Å². The van der Waals surface area contributed by atoms with E-state index in [1.54, 1.807) is 32.4 Å². The largest absolute Gasteiger partial charge is 0.345 e. The summed E-state index contributed by atoms with van der Waals surface area (Å²) in [5.41, 5.74) is 1.36. The maximum Gasteiger partial charge on any atom is 0.254 e. The van der Waals surface area contributed by atoms with Crippen LogP contribution in [0.5, 0.6) is 0 Å². The Morgan fingerprint density at radius 3 is 2.62 bits per heavy atom. The number of rotatable bonds is 2. The van der Waals surface area contributed by atoms with Crippen LogP contribution in [0, 0.1) is 0 Å². The molecule has 0 unspecified atom stereocenters. The molecule has 0 spiro atoms. The topological polar surface area (TPSA) is 33.2 Å². The Morgan fingerprint density at radius 1 is 1.54 bits per heavy atom. The summed E-state index contributed by atoms with van der Waals surface area (Å²) in [6.45, 7) is 0. The molecular weight excluding hydrogens is 188 g/mol. The lowest BCUT2D eigenvalue weighted by Crippen LogP contribution is -2.21. The highest BCUT2D eigenvalue weighted by Gasteiger charge is 2.07. The quantitative estimate of drug-likeness (QED) is 0.676. The van der Waals surface area contributed by atoms with Crippen LogP contribution < -0.4 is 0 Å². The third kappa shape index (κ3) is 2.42. The number of aromatic nitrogens is 1. The zero-order valence-electron chi connectivity index (χ0n) is 7.62. The summed E-state index contributed by atoms with van der Waals surface area (Å²) in [5.74, 6) is 0.324. The van der Waals surface area contributed by atoms with Crippen molar-refractivity contribution in [1.29, 1.82) is 0 Å². The first-order valence-corrected chi connectivity index (χ1v) is 4.41. The molecule has 1 amide bonds. The SMILES string of the molecule is CN(C)C(=O)c1ccc(CCl)nc1. The van der Waals surface area contributed by atoms with E-state index in [2.05, 4.69) is 4.98 Å². The molecule has 0 aliphatic rings. The lowest BCUT2D eigenvalue weighted by Gasteiger charge is -2.09. The fourth-order valence-corrected chi connectivity index (χ4v) is 1.05. The van der Waals surface area contributed by atoms with E-state index in [1.807, 2.05) is 0 Å². The maximum atomic E-state index is 11.4. The van der Waals surface area contributed by atoms with Crippen LogP contribution in [0.1, 0.15) is 16.1 Å². The van der Waals surface area contributed by atoms with Gasteiger partial charge >= 0.3 is 0 Å². The third-order valence-electron chi connectivity index (χ3n) is 1.61. The van der Waals surface area contributed by atoms with Gasteiger partial charge in [-0.15, -0.1) is 11.6 Å². The van der Waals surface area contributed by atoms with E-state index in [9.17, 15) is 4.79 Å². The summed E-state index contributed by atoms with van der Waals surface area (Å²) in [6, 6.07) is 3.48. The molecular formula is C9H11ClN2O. The molecule has 4 heteroatoms. The second-order valence-corrected chi connectivity index (χ2v) is 3.14. The number of hydrogen-bond acceptors (Lipinski definition) is 2. The van der Waals surface area contributed by atoms with Crippen molar-refractivity contribution in [2.75, 3.05) is 14.1 Å². The summed E-state index contributed by atoms with van der Waals surface area (Å²) >= 11 is 5.56. The molecule has 0 fully saturated rings. The van der Waals surface area contributed by atoms with Crippen molar-refractivity contribution in [2.45, 2.75) is 5.88 Å². The lowest BCUT2D eigenvalue weighted by atomic mass is 10.2. The van der Waals surface area contributed by atoms with Gasteiger partial charge in [0.2, 0.25) is 0 Å². The highest BCUT2D eigenvalue weighted by atomic mass is 35.5. The molecule has 3 nitrogen and oxygen atoms in total. The number of alkyl halides is 1. The van der Waals surface area contributed by atoms with Gasteiger partial charge in [0.1, 0.15) is 0 Å². The van der Waals surface area contributed by atoms with Crippen molar-refractivity contribution in [3.05, 3.63) is 29.6 Å². The Kier molecular flexibility index (Phi) is 3.25. The van der Waals surface area contributed by atoms with E-state index in [-0.39, 0.29) is 5.91 Å². The Balaban J connectivity index is 2.86. The Labute approximate surface area is 82.3 Å². The number of hydrogen-bond donors (Lipinski definition) is 0. The van der Waals surface area contributed by atoms with E-state index < -0.39 is 0 Å². The van der Waals surface area contributed by atoms with Gasteiger partial charge in [-0.1, -0.05) is 0 Å². The van der Waals surface area contributed by atoms with Crippen LogP contribution in [0.25, 0.3) is 0 Å². The highest BCUT2D eigenvalue weighted by molar-refractivity contribution is 6.16. The van der Waals surface area contributed by atoms with Gasteiger partial charge < -0.3 is 4.90 Å². The van der Waals surface area contributed by atoms with Gasteiger partial charge in [-0.25, -0.2) is 0 Å². The molecule has 1 aromatic rings. The number of carbonyl (C=O) groups is 1. The van der Waals surface area contributed by atoms with Gasteiger partial charge in [-0.05, 0) is 12.1 Å². The molecule has 0 atom stereocenters. The maximum absolute atomic E-state index is 11.4. The Morgan fingerprint density at radius 2 is 2.23 bits per heavy atom. The Bertz CT molecular complexity index is 295. The van der Waals surface area contributed by atoms with Gasteiger partial charge in [0.25, 0.3) is 5.91 Å². The van der Waals surface area contributed by atoms with Gasteiger partial charge in [0.05, 0.1) is 17.1 Å². The first kappa shape index (κ1) is 9.99. The normalized spacial score (nSPS) is 9.77. The molecule has 1 aromatic heterocycles. The molecule has 0 aliphatic heterocycles. The van der Waals surface area contributed by atoms with Crippen LogP contribution in [0.15, 0.2) is 18.3 Å². The predicted octanol–water partition coefficient (Wildman–Crippen LogP) is 1.52. The van der Waals surface area contributed by atoms with Crippen LogP contribution in [-0.4, -0.2) is 29.9 Å². The van der Waals surface area contributed by atoms with Gasteiger partial charge in [0.15, 0.2) is 0 Å². The number of nitrogens with zero attached hydrogens (tertiary/aromatic N) is 2. The molecule has 1 rings (SSSR count). The molecule has 0 aliphatic carbocycles. The predicted molar refractivity (Wildman–Crippen MR) is 51.8 cm³/mol. The smallest absolute Gasteiger partial charge is 0.254 e. The fourth-order valence-electron chi connectivity index (χ4n) is 0.888. The number of amides is 1. The van der Waals surface area contributed by atoms with Crippen LogP contribution in [0.3, 0.4) is 0 Å². The standard InChI is InChI=1S/C9H11ClN2O/c1-12(2)9(13)7-3-4-8(5-10)11-6-7/h3-4,6H,5H2,1-2H3. The molecule has 0 aromatic carbocycles. The summed E-state index contributed by atoms with van der Waals surface area (Å²) in [6.07, 6.45) is 1.54. The summed E-state index contributed by atoms with van der Waals surface area (Å²) in [4.78, 5) is 16.9.